The maximum absolute atomic E-state index is 12.0. The Morgan fingerprint density at radius 1 is 1.33 bits per heavy atom. The van der Waals surface area contributed by atoms with E-state index in [0.717, 1.165) is 32.1 Å². The highest BCUT2D eigenvalue weighted by Gasteiger charge is 2.32. The van der Waals surface area contributed by atoms with Gasteiger partial charge < -0.3 is 15.7 Å². The summed E-state index contributed by atoms with van der Waals surface area (Å²) in [6, 6.07) is 5.30. The van der Waals surface area contributed by atoms with Gasteiger partial charge in [0.05, 0.1) is 17.1 Å². The molecule has 0 unspecified atom stereocenters. The highest BCUT2D eigenvalue weighted by Crippen LogP contribution is 2.28. The summed E-state index contributed by atoms with van der Waals surface area (Å²) < 4.78 is 0. The van der Waals surface area contributed by atoms with Crippen LogP contribution in [-0.2, 0) is 0 Å². The molecule has 1 aromatic rings. The second kappa shape index (κ2) is 6.53. The maximum Gasteiger partial charge on any atom is 0.319 e. The number of urea groups is 1. The van der Waals surface area contributed by atoms with E-state index in [4.69, 9.17) is 0 Å². The van der Waals surface area contributed by atoms with Gasteiger partial charge in [0.2, 0.25) is 0 Å². The molecule has 1 fully saturated rings. The summed E-state index contributed by atoms with van der Waals surface area (Å²) in [5, 5.41) is 25.6. The second-order valence-electron chi connectivity index (χ2n) is 5.39. The van der Waals surface area contributed by atoms with E-state index >= 15 is 0 Å². The molecule has 2 amide bonds. The summed E-state index contributed by atoms with van der Waals surface area (Å²) >= 11 is 0. The van der Waals surface area contributed by atoms with E-state index in [2.05, 4.69) is 10.6 Å². The van der Waals surface area contributed by atoms with Gasteiger partial charge in [-0.3, -0.25) is 10.1 Å². The molecule has 0 atom stereocenters. The molecule has 0 aliphatic heterocycles. The smallest absolute Gasteiger partial charge is 0.319 e. The number of hydrogen-bond acceptors (Lipinski definition) is 4. The lowest BCUT2D eigenvalue weighted by atomic mass is 9.82. The molecule has 0 saturated heterocycles. The van der Waals surface area contributed by atoms with Crippen LogP contribution < -0.4 is 10.6 Å². The highest BCUT2D eigenvalue weighted by molar-refractivity contribution is 5.90. The predicted molar refractivity (Wildman–Crippen MR) is 78.2 cm³/mol. The Labute approximate surface area is 122 Å². The Morgan fingerprint density at radius 3 is 2.67 bits per heavy atom. The first-order valence-electron chi connectivity index (χ1n) is 6.99. The fourth-order valence-corrected chi connectivity index (χ4v) is 2.65. The quantitative estimate of drug-likeness (QED) is 0.585. The van der Waals surface area contributed by atoms with Crippen LogP contribution in [0.2, 0.25) is 0 Å². The number of nitro groups is 1. The average Bonchev–Trinajstić information content (AvgIpc) is 2.48. The zero-order valence-electron chi connectivity index (χ0n) is 11.7. The number of aliphatic hydroxyl groups excluding tert-OH is 1. The molecule has 1 aromatic carbocycles. The first-order chi connectivity index (χ1) is 10.0. The lowest BCUT2D eigenvalue weighted by Crippen LogP contribution is -2.53. The molecule has 21 heavy (non-hydrogen) atoms. The number of nitro benzene ring substituents is 1. The molecule has 1 saturated carbocycles. The van der Waals surface area contributed by atoms with Crippen molar-refractivity contribution in [2.45, 2.75) is 37.6 Å². The van der Waals surface area contributed by atoms with Gasteiger partial charge in [0.25, 0.3) is 5.69 Å². The molecule has 2 rings (SSSR count). The van der Waals surface area contributed by atoms with E-state index in [1.165, 1.54) is 18.2 Å². The van der Waals surface area contributed by atoms with E-state index in [0.29, 0.717) is 5.69 Å². The number of benzene rings is 1. The first-order valence-corrected chi connectivity index (χ1v) is 6.99. The molecule has 0 heterocycles. The number of anilines is 1. The lowest BCUT2D eigenvalue weighted by molar-refractivity contribution is -0.384. The second-order valence-corrected chi connectivity index (χ2v) is 5.39. The van der Waals surface area contributed by atoms with Crippen LogP contribution in [0, 0.1) is 10.1 Å². The van der Waals surface area contributed by atoms with Crippen LogP contribution in [0.15, 0.2) is 24.3 Å². The van der Waals surface area contributed by atoms with E-state index in [1.54, 1.807) is 6.07 Å². The van der Waals surface area contributed by atoms with Crippen molar-refractivity contribution in [1.82, 2.24) is 5.32 Å². The van der Waals surface area contributed by atoms with Gasteiger partial charge >= 0.3 is 6.03 Å². The number of nitrogens with one attached hydrogen (secondary N) is 2. The van der Waals surface area contributed by atoms with Crippen molar-refractivity contribution in [3.05, 3.63) is 34.4 Å². The fourth-order valence-electron chi connectivity index (χ4n) is 2.65. The molecule has 7 heteroatoms. The standard InChI is InChI=1S/C14H19N3O4/c18-10-14(7-2-1-3-8-14)16-13(19)15-11-5-4-6-12(9-11)17(20)21/h4-6,9,18H,1-3,7-8,10H2,(H2,15,16,19). The Morgan fingerprint density at radius 2 is 2.05 bits per heavy atom. The van der Waals surface area contributed by atoms with Crippen molar-refractivity contribution >= 4 is 17.4 Å². The Kier molecular flexibility index (Phi) is 4.74. The molecule has 0 spiro atoms. The minimum atomic E-state index is -0.580. The van der Waals surface area contributed by atoms with Gasteiger partial charge in [0.1, 0.15) is 0 Å². The average molecular weight is 293 g/mol. The third-order valence-electron chi connectivity index (χ3n) is 3.81. The summed E-state index contributed by atoms with van der Waals surface area (Å²) in [7, 11) is 0. The van der Waals surface area contributed by atoms with Crippen molar-refractivity contribution < 1.29 is 14.8 Å². The lowest BCUT2D eigenvalue weighted by Gasteiger charge is -2.36. The van der Waals surface area contributed by atoms with Crippen LogP contribution in [0.5, 0.6) is 0 Å². The molecule has 1 aliphatic rings. The van der Waals surface area contributed by atoms with Crippen LogP contribution in [0.3, 0.4) is 0 Å². The van der Waals surface area contributed by atoms with Gasteiger partial charge in [-0.2, -0.15) is 0 Å². The number of rotatable bonds is 4. The first kappa shape index (κ1) is 15.2. The molecule has 0 aromatic heterocycles. The molecule has 3 N–H and O–H groups in total. The van der Waals surface area contributed by atoms with E-state index in [1.807, 2.05) is 0 Å². The zero-order valence-corrected chi connectivity index (χ0v) is 11.7. The molecule has 0 radical (unpaired) electrons. The molecule has 114 valence electrons. The van der Waals surface area contributed by atoms with Crippen molar-refractivity contribution in [1.29, 1.82) is 0 Å². The van der Waals surface area contributed by atoms with Crippen LogP contribution in [0.25, 0.3) is 0 Å². The molecule has 7 nitrogen and oxygen atoms in total. The van der Waals surface area contributed by atoms with Gasteiger partial charge in [0, 0.05) is 17.8 Å². The predicted octanol–water partition coefficient (Wildman–Crippen LogP) is 2.41. The number of amides is 2. The van der Waals surface area contributed by atoms with Crippen LogP contribution in [-0.4, -0.2) is 28.2 Å². The van der Waals surface area contributed by atoms with Crippen molar-refractivity contribution in [3.63, 3.8) is 0 Å². The highest BCUT2D eigenvalue weighted by atomic mass is 16.6. The summed E-state index contributed by atoms with van der Waals surface area (Å²) in [6.45, 7) is -0.102. The van der Waals surface area contributed by atoms with E-state index < -0.39 is 16.5 Å². The number of carbonyl (C=O) groups is 1. The Balaban J connectivity index is 2.00. The third-order valence-corrected chi connectivity index (χ3v) is 3.81. The topological polar surface area (TPSA) is 104 Å². The largest absolute Gasteiger partial charge is 0.394 e. The van der Waals surface area contributed by atoms with E-state index in [-0.39, 0.29) is 12.3 Å². The number of non-ortho nitro benzene ring substituents is 1. The van der Waals surface area contributed by atoms with Crippen LogP contribution >= 0.6 is 0 Å². The number of nitrogens with zero attached hydrogens (tertiary/aromatic N) is 1. The minimum Gasteiger partial charge on any atom is -0.394 e. The van der Waals surface area contributed by atoms with Crippen molar-refractivity contribution in [3.8, 4) is 0 Å². The molecular formula is C14H19N3O4. The van der Waals surface area contributed by atoms with Crippen LogP contribution in [0.1, 0.15) is 32.1 Å². The van der Waals surface area contributed by atoms with Gasteiger partial charge in [-0.1, -0.05) is 25.3 Å². The summed E-state index contributed by atoms with van der Waals surface area (Å²) in [4.78, 5) is 22.2. The summed E-state index contributed by atoms with van der Waals surface area (Å²) in [5.74, 6) is 0. The molecule has 0 bridgehead atoms. The maximum atomic E-state index is 12.0. The van der Waals surface area contributed by atoms with Gasteiger partial charge in [-0.25, -0.2) is 4.79 Å². The molecular weight excluding hydrogens is 274 g/mol. The van der Waals surface area contributed by atoms with Gasteiger partial charge in [-0.15, -0.1) is 0 Å². The van der Waals surface area contributed by atoms with Crippen molar-refractivity contribution in [2.24, 2.45) is 0 Å². The Bertz CT molecular complexity index is 527. The minimum absolute atomic E-state index is 0.0812. The SMILES string of the molecule is O=C(Nc1cccc([N+](=O)[O-])c1)NC1(CO)CCCCC1. The molecule has 1 aliphatic carbocycles. The number of carbonyl (C=O) groups excluding carboxylic acids is 1. The third kappa shape index (κ3) is 3.91. The summed E-state index contributed by atoms with van der Waals surface area (Å²) in [6.07, 6.45) is 4.53. The van der Waals surface area contributed by atoms with Gasteiger partial charge in [0.15, 0.2) is 0 Å². The normalized spacial score (nSPS) is 17.0. The van der Waals surface area contributed by atoms with Crippen LogP contribution in [0.4, 0.5) is 16.2 Å². The summed E-state index contributed by atoms with van der Waals surface area (Å²) in [5.41, 5.74) is -0.309. The van der Waals surface area contributed by atoms with E-state index in [9.17, 15) is 20.0 Å². The zero-order chi connectivity index (χ0) is 15.3. The van der Waals surface area contributed by atoms with Gasteiger partial charge in [-0.05, 0) is 18.9 Å². The monoisotopic (exact) mass is 293 g/mol. The number of hydrogen-bond donors (Lipinski definition) is 3. The number of aliphatic hydroxyl groups is 1. The Hall–Kier alpha value is -2.15. The van der Waals surface area contributed by atoms with Crippen molar-refractivity contribution in [2.75, 3.05) is 11.9 Å². The fraction of sp³-hybridized carbons (Fsp3) is 0.500.